The molecule has 0 unspecified atom stereocenters. The average molecular weight is 412 g/mol. The molecule has 3 aromatic carbocycles. The van der Waals surface area contributed by atoms with Crippen molar-refractivity contribution < 1.29 is 10.4 Å². The average Bonchev–Trinajstić information content (AvgIpc) is 3.09. The van der Waals surface area contributed by atoms with E-state index in [9.17, 15) is 0 Å². The first-order valence-electron chi connectivity index (χ1n) is 11.0. The van der Waals surface area contributed by atoms with E-state index in [-0.39, 0.29) is 0 Å². The molecule has 0 spiro atoms. The SMILES string of the molecule is [2H]c1cc(-c2c(C)c(C)cc3c2oc2ccccc23)[n+](C)c2ccc([Si](C)(C)C)cc12. The second-order valence-corrected chi connectivity index (χ2v) is 14.5. The molecular weight excluding hydrogens is 382 g/mol. The van der Waals surface area contributed by atoms with Gasteiger partial charge in [0, 0.05) is 28.3 Å². The number of para-hydroxylation sites is 1. The molecule has 0 atom stereocenters. The molecule has 0 aliphatic carbocycles. The lowest BCUT2D eigenvalue weighted by Crippen LogP contribution is -2.38. The molecule has 5 aromatic rings. The third-order valence-corrected chi connectivity index (χ3v) is 8.44. The van der Waals surface area contributed by atoms with Gasteiger partial charge in [0.1, 0.15) is 18.2 Å². The van der Waals surface area contributed by atoms with Gasteiger partial charge in [0.05, 0.1) is 15.0 Å². The van der Waals surface area contributed by atoms with E-state index in [1.807, 2.05) is 18.2 Å². The molecule has 0 bridgehead atoms. The molecule has 0 saturated carbocycles. The predicted octanol–water partition coefficient (Wildman–Crippen LogP) is 6.39. The normalized spacial score (nSPS) is 12.8. The maximum atomic E-state index is 8.86. The Morgan fingerprint density at radius 3 is 2.47 bits per heavy atom. The molecule has 3 heteroatoms. The molecule has 30 heavy (non-hydrogen) atoms. The number of hydrogen-bond donors (Lipinski definition) is 0. The van der Waals surface area contributed by atoms with Crippen LogP contribution in [0.25, 0.3) is 44.1 Å². The lowest BCUT2D eigenvalue weighted by molar-refractivity contribution is -0.633. The number of furan rings is 1. The standard InChI is InChI=1S/C27H28NOSi/c1-17-15-22-21-9-7-8-10-25(21)29-27(22)26(18(17)2)24-13-11-19-16-20(30(4,5)6)12-14-23(19)28(24)3/h7-16H,1-6H3/q+1/i11D. The van der Waals surface area contributed by atoms with Crippen molar-refractivity contribution in [2.75, 3.05) is 0 Å². The molecule has 2 nitrogen and oxygen atoms in total. The molecule has 0 amide bonds. The zero-order chi connectivity index (χ0) is 22.1. The van der Waals surface area contributed by atoms with Crippen LogP contribution in [-0.4, -0.2) is 8.07 Å². The monoisotopic (exact) mass is 411 g/mol. The van der Waals surface area contributed by atoms with Crippen LogP contribution in [-0.2, 0) is 7.05 Å². The van der Waals surface area contributed by atoms with Crippen molar-refractivity contribution in [2.24, 2.45) is 7.05 Å². The third kappa shape index (κ3) is 2.80. The van der Waals surface area contributed by atoms with Gasteiger partial charge in [-0.15, -0.1) is 0 Å². The Morgan fingerprint density at radius 2 is 1.70 bits per heavy atom. The quantitative estimate of drug-likeness (QED) is 0.243. The number of pyridine rings is 1. The first-order valence-corrected chi connectivity index (χ1v) is 14.0. The van der Waals surface area contributed by atoms with Gasteiger partial charge in [-0.25, -0.2) is 0 Å². The van der Waals surface area contributed by atoms with E-state index in [0.29, 0.717) is 6.04 Å². The Hall–Kier alpha value is -2.91. The second kappa shape index (κ2) is 6.54. The van der Waals surface area contributed by atoms with Crippen molar-refractivity contribution in [2.45, 2.75) is 33.5 Å². The van der Waals surface area contributed by atoms with Gasteiger partial charge in [-0.1, -0.05) is 49.1 Å². The fourth-order valence-electron chi connectivity index (χ4n) is 4.42. The highest BCUT2D eigenvalue weighted by atomic mass is 28.3. The summed E-state index contributed by atoms with van der Waals surface area (Å²) in [6.45, 7) is 11.4. The van der Waals surface area contributed by atoms with Gasteiger partial charge in [-0.05, 0) is 49.2 Å². The maximum absolute atomic E-state index is 8.86. The minimum atomic E-state index is -1.45. The van der Waals surface area contributed by atoms with Crippen molar-refractivity contribution in [1.82, 2.24) is 0 Å². The van der Waals surface area contributed by atoms with E-state index in [2.05, 4.69) is 81.5 Å². The Balaban J connectivity index is 1.88. The number of nitrogens with zero attached hydrogens (tertiary/aromatic N) is 1. The predicted molar refractivity (Wildman–Crippen MR) is 130 cm³/mol. The smallest absolute Gasteiger partial charge is 0.216 e. The van der Waals surface area contributed by atoms with Crippen LogP contribution in [0, 0.1) is 13.8 Å². The molecular formula is C27H28NOSi+. The van der Waals surface area contributed by atoms with E-state index in [1.54, 1.807) is 0 Å². The van der Waals surface area contributed by atoms with Crippen molar-refractivity contribution in [3.8, 4) is 11.3 Å². The molecule has 0 aliphatic rings. The van der Waals surface area contributed by atoms with Crippen LogP contribution in [0.15, 0.2) is 65.1 Å². The summed E-state index contributed by atoms with van der Waals surface area (Å²) < 4.78 is 17.5. The van der Waals surface area contributed by atoms with Crippen LogP contribution in [0.5, 0.6) is 0 Å². The molecule has 0 aliphatic heterocycles. The summed E-state index contributed by atoms with van der Waals surface area (Å²) in [7, 11) is 0.651. The molecule has 0 saturated heterocycles. The van der Waals surface area contributed by atoms with Crippen LogP contribution < -0.4 is 9.75 Å². The molecule has 2 aromatic heterocycles. The topological polar surface area (TPSA) is 17.0 Å². The summed E-state index contributed by atoms with van der Waals surface area (Å²) in [6.07, 6.45) is 0. The molecule has 2 heterocycles. The zero-order valence-electron chi connectivity index (χ0n) is 19.6. The Bertz CT molecular complexity index is 1510. The van der Waals surface area contributed by atoms with E-state index < -0.39 is 8.07 Å². The minimum Gasteiger partial charge on any atom is -0.455 e. The summed E-state index contributed by atoms with van der Waals surface area (Å²) in [6, 6.07) is 19.7. The number of benzene rings is 3. The van der Waals surface area contributed by atoms with Gasteiger partial charge in [0.15, 0.2) is 0 Å². The van der Waals surface area contributed by atoms with E-state index in [1.165, 1.54) is 16.3 Å². The first-order chi connectivity index (χ1) is 14.7. The van der Waals surface area contributed by atoms with Crippen LogP contribution in [0.4, 0.5) is 0 Å². The second-order valence-electron chi connectivity index (χ2n) is 9.38. The number of aryl methyl sites for hydroxylation is 2. The fraction of sp³-hybridized carbons (Fsp3) is 0.222. The highest BCUT2D eigenvalue weighted by Crippen LogP contribution is 2.38. The minimum absolute atomic E-state index is 0.563. The van der Waals surface area contributed by atoms with Crippen molar-refractivity contribution >= 4 is 46.1 Å². The van der Waals surface area contributed by atoms with Gasteiger partial charge in [-0.2, -0.15) is 4.57 Å². The summed E-state index contributed by atoms with van der Waals surface area (Å²) in [5.74, 6) is 0. The Kier molecular flexibility index (Phi) is 3.91. The summed E-state index contributed by atoms with van der Waals surface area (Å²) >= 11 is 0. The molecule has 5 rings (SSSR count). The first kappa shape index (κ1) is 17.9. The lowest BCUT2D eigenvalue weighted by atomic mass is 9.96. The van der Waals surface area contributed by atoms with Gasteiger partial charge >= 0.3 is 0 Å². The molecule has 0 radical (unpaired) electrons. The van der Waals surface area contributed by atoms with Crippen LogP contribution in [0.1, 0.15) is 12.5 Å². The summed E-state index contributed by atoms with van der Waals surface area (Å²) in [5.41, 5.74) is 7.40. The fourth-order valence-corrected chi connectivity index (χ4v) is 5.58. The maximum Gasteiger partial charge on any atom is 0.216 e. The summed E-state index contributed by atoms with van der Waals surface area (Å²) in [5, 5.41) is 4.66. The van der Waals surface area contributed by atoms with Gasteiger partial charge in [0.25, 0.3) is 0 Å². The summed E-state index contributed by atoms with van der Waals surface area (Å²) in [4.78, 5) is 0. The Morgan fingerprint density at radius 1 is 0.933 bits per heavy atom. The number of fused-ring (bicyclic) bond motifs is 4. The zero-order valence-corrected chi connectivity index (χ0v) is 19.6. The van der Waals surface area contributed by atoms with Crippen LogP contribution in [0.2, 0.25) is 19.6 Å². The molecule has 0 N–H and O–H groups in total. The number of rotatable bonds is 2. The Labute approximate surface area is 180 Å². The molecule has 0 fully saturated rings. The van der Waals surface area contributed by atoms with Gasteiger partial charge in [0.2, 0.25) is 11.2 Å². The van der Waals surface area contributed by atoms with E-state index in [0.717, 1.165) is 44.1 Å². The highest BCUT2D eigenvalue weighted by molar-refractivity contribution is 6.88. The lowest BCUT2D eigenvalue weighted by Gasteiger charge is -2.17. The highest BCUT2D eigenvalue weighted by Gasteiger charge is 2.24. The molecule has 150 valence electrons. The van der Waals surface area contributed by atoms with Crippen molar-refractivity contribution in [1.29, 1.82) is 0 Å². The van der Waals surface area contributed by atoms with Crippen molar-refractivity contribution in [3.05, 3.63) is 71.8 Å². The number of aromatic nitrogens is 1. The van der Waals surface area contributed by atoms with Crippen molar-refractivity contribution in [3.63, 3.8) is 0 Å². The van der Waals surface area contributed by atoms with Gasteiger partial charge in [-0.3, -0.25) is 0 Å². The van der Waals surface area contributed by atoms with E-state index >= 15 is 0 Å². The van der Waals surface area contributed by atoms with Crippen LogP contribution >= 0.6 is 0 Å². The van der Waals surface area contributed by atoms with E-state index in [4.69, 9.17) is 5.79 Å². The van der Waals surface area contributed by atoms with Gasteiger partial charge < -0.3 is 4.42 Å². The number of hydrogen-bond acceptors (Lipinski definition) is 1. The van der Waals surface area contributed by atoms with Crippen LogP contribution in [0.3, 0.4) is 0 Å². The third-order valence-electron chi connectivity index (χ3n) is 6.39. The largest absolute Gasteiger partial charge is 0.455 e.